The molecule has 1 N–H and O–H groups in total. The maximum absolute atomic E-state index is 12.7. The summed E-state index contributed by atoms with van der Waals surface area (Å²) >= 11 is 0. The lowest BCUT2D eigenvalue weighted by Gasteiger charge is -2.26. The first-order valence-corrected chi connectivity index (χ1v) is 8.30. The van der Waals surface area contributed by atoms with Crippen LogP contribution in [0.2, 0.25) is 0 Å². The molecule has 21 heavy (non-hydrogen) atoms. The number of methoxy groups -OCH3 is 1. The molecule has 1 aromatic rings. The third-order valence-corrected chi connectivity index (χ3v) is 5.66. The first kappa shape index (κ1) is 16.2. The lowest BCUT2D eigenvalue weighted by atomic mass is 10.1. The van der Waals surface area contributed by atoms with Crippen LogP contribution in [0.3, 0.4) is 0 Å². The highest BCUT2D eigenvalue weighted by atomic mass is 32.2. The van der Waals surface area contributed by atoms with Crippen molar-refractivity contribution in [1.82, 2.24) is 4.31 Å². The van der Waals surface area contributed by atoms with Crippen molar-refractivity contribution in [2.75, 3.05) is 26.8 Å². The molecule has 0 spiro atoms. The van der Waals surface area contributed by atoms with Gasteiger partial charge in [0.25, 0.3) is 0 Å². The van der Waals surface area contributed by atoms with E-state index in [4.69, 9.17) is 4.74 Å². The topological polar surface area (TPSA) is 66.8 Å². The Bertz CT molecular complexity index is 637. The minimum Gasteiger partial charge on any atom is -0.392 e. The predicted octanol–water partition coefficient (Wildman–Crippen LogP) is 1.45. The second-order valence-corrected chi connectivity index (χ2v) is 7.07. The molecule has 0 saturated carbocycles. The maximum Gasteiger partial charge on any atom is 0.243 e. The van der Waals surface area contributed by atoms with E-state index < -0.39 is 10.0 Å². The number of hydrogen-bond acceptors (Lipinski definition) is 4. The minimum absolute atomic E-state index is 0.166. The van der Waals surface area contributed by atoms with Gasteiger partial charge in [0, 0.05) is 20.2 Å². The smallest absolute Gasteiger partial charge is 0.243 e. The summed E-state index contributed by atoms with van der Waals surface area (Å²) < 4.78 is 32.0. The Labute approximate surface area is 125 Å². The second kappa shape index (κ2) is 6.70. The quantitative estimate of drug-likeness (QED) is 0.836. The van der Waals surface area contributed by atoms with Gasteiger partial charge in [-0.25, -0.2) is 8.42 Å². The van der Waals surface area contributed by atoms with Gasteiger partial charge >= 0.3 is 0 Å². The van der Waals surface area contributed by atoms with Crippen molar-refractivity contribution in [3.05, 3.63) is 41.0 Å². The Hall–Kier alpha value is -1.21. The van der Waals surface area contributed by atoms with Crippen LogP contribution in [0.25, 0.3) is 0 Å². The molecule has 2 rings (SSSR count). The number of rotatable bonds is 5. The molecule has 0 aromatic heterocycles. The van der Waals surface area contributed by atoms with E-state index in [0.29, 0.717) is 37.2 Å². The molecule has 0 aliphatic carbocycles. The summed E-state index contributed by atoms with van der Waals surface area (Å²) in [6.07, 6.45) is 2.60. The molecule has 0 amide bonds. The molecular weight excluding hydrogens is 290 g/mol. The molecule has 0 atom stereocenters. The molecule has 0 radical (unpaired) electrons. The molecule has 1 aliphatic rings. The van der Waals surface area contributed by atoms with Crippen molar-refractivity contribution in [3.63, 3.8) is 0 Å². The van der Waals surface area contributed by atoms with Crippen LogP contribution in [0, 0.1) is 6.92 Å². The fraction of sp³-hybridized carbons (Fsp3) is 0.467. The largest absolute Gasteiger partial charge is 0.392 e. The highest BCUT2D eigenvalue weighted by Gasteiger charge is 2.27. The number of nitrogens with zero attached hydrogens (tertiary/aromatic N) is 1. The minimum atomic E-state index is -3.53. The van der Waals surface area contributed by atoms with Crippen molar-refractivity contribution in [2.24, 2.45) is 0 Å². The average molecular weight is 311 g/mol. The van der Waals surface area contributed by atoms with Gasteiger partial charge in [-0.05, 0) is 36.1 Å². The van der Waals surface area contributed by atoms with Gasteiger partial charge in [0.2, 0.25) is 10.0 Å². The zero-order valence-corrected chi connectivity index (χ0v) is 13.2. The van der Waals surface area contributed by atoms with Gasteiger partial charge in [-0.3, -0.25) is 0 Å². The summed E-state index contributed by atoms with van der Waals surface area (Å²) in [6, 6.07) is 5.02. The molecule has 1 heterocycles. The Morgan fingerprint density at radius 1 is 1.38 bits per heavy atom. The van der Waals surface area contributed by atoms with Crippen LogP contribution in [-0.4, -0.2) is 44.6 Å². The third-order valence-electron chi connectivity index (χ3n) is 3.65. The number of hydrogen-bond donors (Lipinski definition) is 1. The lowest BCUT2D eigenvalue weighted by molar-refractivity contribution is 0.219. The van der Waals surface area contributed by atoms with Crippen molar-refractivity contribution < 1.29 is 18.3 Å². The summed E-state index contributed by atoms with van der Waals surface area (Å²) in [6.45, 7) is 2.97. The van der Waals surface area contributed by atoms with Gasteiger partial charge in [0.1, 0.15) is 0 Å². The van der Waals surface area contributed by atoms with Crippen LogP contribution in [0.5, 0.6) is 0 Å². The Kier molecular flexibility index (Phi) is 5.16. The monoisotopic (exact) mass is 311 g/mol. The molecule has 6 heteroatoms. The molecular formula is C15H21NO4S. The van der Waals surface area contributed by atoms with Crippen LogP contribution >= 0.6 is 0 Å². The van der Waals surface area contributed by atoms with Crippen LogP contribution in [0.15, 0.2) is 34.7 Å². The van der Waals surface area contributed by atoms with Crippen molar-refractivity contribution in [3.8, 4) is 0 Å². The Morgan fingerprint density at radius 2 is 2.14 bits per heavy atom. The van der Waals surface area contributed by atoms with Crippen LogP contribution in [-0.2, 0) is 21.4 Å². The number of aliphatic hydroxyl groups is 1. The number of benzene rings is 1. The van der Waals surface area contributed by atoms with E-state index in [1.165, 1.54) is 4.31 Å². The molecule has 0 bridgehead atoms. The first-order valence-electron chi connectivity index (χ1n) is 6.86. The molecule has 0 unspecified atom stereocenters. The van der Waals surface area contributed by atoms with E-state index in [2.05, 4.69) is 0 Å². The van der Waals surface area contributed by atoms with Crippen LogP contribution < -0.4 is 0 Å². The van der Waals surface area contributed by atoms with Crippen LogP contribution in [0.1, 0.15) is 17.5 Å². The fourth-order valence-electron chi connectivity index (χ4n) is 2.39. The van der Waals surface area contributed by atoms with E-state index in [-0.39, 0.29) is 11.5 Å². The predicted molar refractivity (Wildman–Crippen MR) is 80.4 cm³/mol. The number of sulfonamides is 1. The second-order valence-electron chi connectivity index (χ2n) is 5.17. The van der Waals surface area contributed by atoms with Crippen molar-refractivity contribution >= 4 is 10.0 Å². The summed E-state index contributed by atoms with van der Waals surface area (Å²) in [7, 11) is -1.89. The fourth-order valence-corrected chi connectivity index (χ4v) is 4.04. The van der Waals surface area contributed by atoms with Gasteiger partial charge in [-0.15, -0.1) is 0 Å². The molecule has 0 saturated heterocycles. The van der Waals surface area contributed by atoms with Gasteiger partial charge in [-0.2, -0.15) is 4.31 Å². The Morgan fingerprint density at radius 3 is 2.71 bits per heavy atom. The van der Waals surface area contributed by atoms with Crippen molar-refractivity contribution in [1.29, 1.82) is 0 Å². The molecule has 116 valence electrons. The highest BCUT2D eigenvalue weighted by molar-refractivity contribution is 7.89. The van der Waals surface area contributed by atoms with E-state index >= 15 is 0 Å². The highest BCUT2D eigenvalue weighted by Crippen LogP contribution is 2.24. The summed E-state index contributed by atoms with van der Waals surface area (Å²) in [5.74, 6) is 0. The SMILES string of the molecule is COCC1=CCN(S(=O)(=O)c2cc(CO)ccc2C)CC1. The number of aliphatic hydroxyl groups excluding tert-OH is 1. The summed E-state index contributed by atoms with van der Waals surface area (Å²) in [5.41, 5.74) is 2.43. The van der Waals surface area contributed by atoms with E-state index in [9.17, 15) is 13.5 Å². The van der Waals surface area contributed by atoms with E-state index in [1.54, 1.807) is 32.2 Å². The van der Waals surface area contributed by atoms with Crippen molar-refractivity contribution in [2.45, 2.75) is 24.8 Å². The average Bonchev–Trinajstić information content (AvgIpc) is 2.48. The first-order chi connectivity index (χ1) is 9.98. The van der Waals surface area contributed by atoms with Gasteiger partial charge < -0.3 is 9.84 Å². The maximum atomic E-state index is 12.7. The lowest BCUT2D eigenvalue weighted by Crippen LogP contribution is -2.35. The standard InChI is InChI=1S/C15H21NO4S/c1-12-3-4-14(10-17)9-15(12)21(18,19)16-7-5-13(6-8-16)11-20-2/h3-5,9,17H,6-8,10-11H2,1-2H3. The van der Waals surface area contributed by atoms with E-state index in [0.717, 1.165) is 5.57 Å². The zero-order valence-electron chi connectivity index (χ0n) is 12.4. The van der Waals surface area contributed by atoms with Crippen LogP contribution in [0.4, 0.5) is 0 Å². The summed E-state index contributed by atoms with van der Waals surface area (Å²) in [5, 5.41) is 9.19. The molecule has 1 aromatic carbocycles. The third kappa shape index (κ3) is 3.52. The molecule has 5 nitrogen and oxygen atoms in total. The van der Waals surface area contributed by atoms with Gasteiger partial charge in [-0.1, -0.05) is 18.2 Å². The number of aryl methyl sites for hydroxylation is 1. The number of ether oxygens (including phenoxy) is 1. The Balaban J connectivity index is 2.27. The van der Waals surface area contributed by atoms with E-state index in [1.807, 2.05) is 6.08 Å². The van der Waals surface area contributed by atoms with Gasteiger partial charge in [0.05, 0.1) is 18.1 Å². The molecule has 0 fully saturated rings. The summed E-state index contributed by atoms with van der Waals surface area (Å²) in [4.78, 5) is 0.276. The molecule has 1 aliphatic heterocycles. The zero-order chi connectivity index (χ0) is 15.5. The normalized spacial score (nSPS) is 16.8. The van der Waals surface area contributed by atoms with Gasteiger partial charge in [0.15, 0.2) is 0 Å².